The number of hydrogen-bond donors (Lipinski definition) is 3. The molecule has 0 saturated heterocycles. The molecule has 0 saturated carbocycles. The van der Waals surface area contributed by atoms with E-state index in [0.717, 1.165) is 6.42 Å². The third-order valence-corrected chi connectivity index (χ3v) is 4.50. The molecule has 0 heterocycles. The molecule has 0 radical (unpaired) electrons. The van der Waals surface area contributed by atoms with Gasteiger partial charge in [-0.25, -0.2) is 0 Å². The standard InChI is InChI=1S/C21H27N3O2/c1-4-15-5-7-16(8-6-15)20(14(2)3)23-13-19(25)24-18-11-9-17(10-12-18)21(22)26/h5-12,14,20,23H,4,13H2,1-3H3,(H2,22,26)(H,24,25)/p+1/t20-/m0/s1. The van der Waals surface area contributed by atoms with Crippen molar-refractivity contribution in [3.8, 4) is 0 Å². The molecule has 0 unspecified atom stereocenters. The zero-order valence-corrected chi connectivity index (χ0v) is 15.7. The molecule has 138 valence electrons. The van der Waals surface area contributed by atoms with Crippen molar-refractivity contribution >= 4 is 17.5 Å². The fourth-order valence-electron chi connectivity index (χ4n) is 2.93. The summed E-state index contributed by atoms with van der Waals surface area (Å²) in [4.78, 5) is 23.3. The molecule has 5 N–H and O–H groups in total. The molecule has 5 nitrogen and oxygen atoms in total. The van der Waals surface area contributed by atoms with Crippen molar-refractivity contribution in [1.82, 2.24) is 0 Å². The molecule has 2 aromatic rings. The van der Waals surface area contributed by atoms with Crippen LogP contribution >= 0.6 is 0 Å². The van der Waals surface area contributed by atoms with Crippen LogP contribution < -0.4 is 16.4 Å². The quantitative estimate of drug-likeness (QED) is 0.679. The highest BCUT2D eigenvalue weighted by atomic mass is 16.2. The Labute approximate surface area is 155 Å². The van der Waals surface area contributed by atoms with Crippen LogP contribution in [0.4, 0.5) is 5.69 Å². The maximum atomic E-state index is 12.3. The number of anilines is 1. The Morgan fingerprint density at radius 2 is 1.65 bits per heavy atom. The smallest absolute Gasteiger partial charge is 0.279 e. The minimum absolute atomic E-state index is 0.0762. The summed E-state index contributed by atoms with van der Waals surface area (Å²) in [6, 6.07) is 15.4. The minimum Gasteiger partial charge on any atom is -0.366 e. The SMILES string of the molecule is CCc1ccc([C@@H]([NH2+]CC(=O)Nc2ccc(C(N)=O)cc2)C(C)C)cc1. The summed E-state index contributed by atoms with van der Waals surface area (Å²) in [5.74, 6) is -0.150. The van der Waals surface area contributed by atoms with E-state index in [2.05, 4.69) is 55.7 Å². The number of aryl methyl sites for hydroxylation is 1. The van der Waals surface area contributed by atoms with E-state index in [9.17, 15) is 9.59 Å². The zero-order chi connectivity index (χ0) is 19.1. The Balaban J connectivity index is 1.95. The molecule has 0 aromatic heterocycles. The van der Waals surface area contributed by atoms with E-state index in [0.29, 0.717) is 23.7 Å². The lowest BCUT2D eigenvalue weighted by molar-refractivity contribution is -0.692. The molecule has 0 bridgehead atoms. The number of carbonyl (C=O) groups excluding carboxylic acids is 2. The lowest BCUT2D eigenvalue weighted by Crippen LogP contribution is -2.88. The number of primary amides is 1. The Morgan fingerprint density at radius 3 is 2.15 bits per heavy atom. The van der Waals surface area contributed by atoms with E-state index in [1.165, 1.54) is 11.1 Å². The van der Waals surface area contributed by atoms with Gasteiger partial charge in [0.15, 0.2) is 6.54 Å². The van der Waals surface area contributed by atoms with E-state index >= 15 is 0 Å². The van der Waals surface area contributed by atoms with Gasteiger partial charge < -0.3 is 16.4 Å². The summed E-state index contributed by atoms with van der Waals surface area (Å²) in [5.41, 5.74) is 8.84. The van der Waals surface area contributed by atoms with Gasteiger partial charge in [0.05, 0.1) is 0 Å². The van der Waals surface area contributed by atoms with E-state index in [4.69, 9.17) is 5.73 Å². The summed E-state index contributed by atoms with van der Waals surface area (Å²) in [5, 5.41) is 4.92. The maximum Gasteiger partial charge on any atom is 0.279 e. The van der Waals surface area contributed by atoms with Gasteiger partial charge in [0.2, 0.25) is 5.91 Å². The summed E-state index contributed by atoms with van der Waals surface area (Å²) in [6.45, 7) is 6.79. The van der Waals surface area contributed by atoms with Crippen molar-refractivity contribution in [2.75, 3.05) is 11.9 Å². The summed E-state index contributed by atoms with van der Waals surface area (Å²) in [6.07, 6.45) is 1.02. The van der Waals surface area contributed by atoms with Crippen molar-refractivity contribution in [3.05, 3.63) is 65.2 Å². The van der Waals surface area contributed by atoms with Gasteiger partial charge in [0, 0.05) is 22.7 Å². The first-order valence-corrected chi connectivity index (χ1v) is 9.02. The first-order chi connectivity index (χ1) is 12.4. The van der Waals surface area contributed by atoms with Crippen molar-refractivity contribution in [3.63, 3.8) is 0 Å². The fourth-order valence-corrected chi connectivity index (χ4v) is 2.93. The van der Waals surface area contributed by atoms with Gasteiger partial charge in [0.25, 0.3) is 5.91 Å². The van der Waals surface area contributed by atoms with E-state index < -0.39 is 5.91 Å². The van der Waals surface area contributed by atoms with Crippen LogP contribution in [0.3, 0.4) is 0 Å². The normalized spacial score (nSPS) is 12.0. The van der Waals surface area contributed by atoms with Crippen molar-refractivity contribution in [2.24, 2.45) is 11.7 Å². The topological polar surface area (TPSA) is 88.8 Å². The number of hydrogen-bond acceptors (Lipinski definition) is 2. The zero-order valence-electron chi connectivity index (χ0n) is 15.7. The molecule has 0 aliphatic heterocycles. The predicted molar refractivity (Wildman–Crippen MR) is 104 cm³/mol. The second-order valence-corrected chi connectivity index (χ2v) is 6.79. The Morgan fingerprint density at radius 1 is 1.04 bits per heavy atom. The molecule has 1 atom stereocenters. The van der Waals surface area contributed by atoms with Gasteiger partial charge in [0.1, 0.15) is 6.04 Å². The minimum atomic E-state index is -0.481. The average Bonchev–Trinajstić information content (AvgIpc) is 2.62. The molecule has 2 rings (SSSR count). The van der Waals surface area contributed by atoms with Gasteiger partial charge in [-0.2, -0.15) is 0 Å². The Kier molecular flexibility index (Phi) is 6.92. The fraction of sp³-hybridized carbons (Fsp3) is 0.333. The van der Waals surface area contributed by atoms with E-state index in [-0.39, 0.29) is 11.9 Å². The number of amides is 2. The number of nitrogens with one attached hydrogen (secondary N) is 1. The molecule has 0 fully saturated rings. The lowest BCUT2D eigenvalue weighted by atomic mass is 9.95. The van der Waals surface area contributed by atoms with Crippen LogP contribution in [-0.2, 0) is 11.2 Å². The van der Waals surface area contributed by atoms with Crippen LogP contribution in [0.2, 0.25) is 0 Å². The third-order valence-electron chi connectivity index (χ3n) is 4.50. The Bertz CT molecular complexity index is 737. The number of carbonyl (C=O) groups is 2. The number of rotatable bonds is 8. The molecule has 2 amide bonds. The first-order valence-electron chi connectivity index (χ1n) is 9.02. The van der Waals surface area contributed by atoms with Gasteiger partial charge in [-0.05, 0) is 36.2 Å². The lowest BCUT2D eigenvalue weighted by Gasteiger charge is -2.20. The van der Waals surface area contributed by atoms with Crippen LogP contribution in [0.5, 0.6) is 0 Å². The number of benzene rings is 2. The number of quaternary nitrogens is 1. The van der Waals surface area contributed by atoms with Gasteiger partial charge >= 0.3 is 0 Å². The van der Waals surface area contributed by atoms with Crippen molar-refractivity contribution in [2.45, 2.75) is 33.2 Å². The van der Waals surface area contributed by atoms with Crippen molar-refractivity contribution in [1.29, 1.82) is 0 Å². The van der Waals surface area contributed by atoms with Crippen LogP contribution in [0.25, 0.3) is 0 Å². The molecule has 2 aromatic carbocycles. The predicted octanol–water partition coefficient (Wildman–Crippen LogP) is 2.25. The third kappa shape index (κ3) is 5.43. The van der Waals surface area contributed by atoms with Crippen LogP contribution in [-0.4, -0.2) is 18.4 Å². The second-order valence-electron chi connectivity index (χ2n) is 6.79. The van der Waals surface area contributed by atoms with Gasteiger partial charge in [-0.15, -0.1) is 0 Å². The molecule has 26 heavy (non-hydrogen) atoms. The highest BCUT2D eigenvalue weighted by Crippen LogP contribution is 2.18. The van der Waals surface area contributed by atoms with Gasteiger partial charge in [-0.1, -0.05) is 45.0 Å². The number of nitrogens with two attached hydrogens (primary N) is 2. The molecule has 0 spiro atoms. The molecule has 0 aliphatic rings. The molecule has 0 aliphatic carbocycles. The highest BCUT2D eigenvalue weighted by Gasteiger charge is 2.20. The molecular weight excluding hydrogens is 326 g/mol. The van der Waals surface area contributed by atoms with Crippen LogP contribution in [0.1, 0.15) is 48.3 Å². The average molecular weight is 354 g/mol. The second kappa shape index (κ2) is 9.15. The summed E-state index contributed by atoms with van der Waals surface area (Å²) >= 11 is 0. The monoisotopic (exact) mass is 354 g/mol. The largest absolute Gasteiger partial charge is 0.366 e. The maximum absolute atomic E-state index is 12.3. The van der Waals surface area contributed by atoms with Gasteiger partial charge in [-0.3, -0.25) is 9.59 Å². The van der Waals surface area contributed by atoms with E-state index in [1.54, 1.807) is 24.3 Å². The van der Waals surface area contributed by atoms with Crippen LogP contribution in [0.15, 0.2) is 48.5 Å². The molecular formula is C21H28N3O2+. The molecule has 5 heteroatoms. The summed E-state index contributed by atoms with van der Waals surface area (Å²) in [7, 11) is 0. The van der Waals surface area contributed by atoms with Crippen LogP contribution in [0, 0.1) is 5.92 Å². The summed E-state index contributed by atoms with van der Waals surface area (Å²) < 4.78 is 0. The first kappa shape index (κ1) is 19.7. The van der Waals surface area contributed by atoms with E-state index in [1.807, 2.05) is 0 Å². The van der Waals surface area contributed by atoms with Crippen molar-refractivity contribution < 1.29 is 14.9 Å². The highest BCUT2D eigenvalue weighted by molar-refractivity contribution is 5.95. The Hall–Kier alpha value is -2.66.